The molecule has 0 N–H and O–H groups in total. The number of fused-ring (bicyclic) bond motifs is 9. The highest BCUT2D eigenvalue weighted by atomic mass is 16.3. The van der Waals surface area contributed by atoms with Crippen molar-refractivity contribution in [3.8, 4) is 34.2 Å². The Balaban J connectivity index is 1.20. The van der Waals surface area contributed by atoms with Crippen LogP contribution in [-0.2, 0) is 5.41 Å². The smallest absolute Gasteiger partial charge is 0.164 e. The predicted molar refractivity (Wildman–Crippen MR) is 208 cm³/mol. The van der Waals surface area contributed by atoms with Crippen LogP contribution >= 0.6 is 0 Å². The van der Waals surface area contributed by atoms with Crippen LogP contribution in [0.1, 0.15) is 25.0 Å². The van der Waals surface area contributed by atoms with Gasteiger partial charge in [0, 0.05) is 38.6 Å². The van der Waals surface area contributed by atoms with Gasteiger partial charge < -0.3 is 9.32 Å². The van der Waals surface area contributed by atoms with E-state index >= 15 is 0 Å². The molecule has 242 valence electrons. The van der Waals surface area contributed by atoms with Crippen LogP contribution in [0.2, 0.25) is 0 Å². The minimum atomic E-state index is -0.290. The minimum Gasteiger partial charge on any atom is -0.454 e. The van der Waals surface area contributed by atoms with Gasteiger partial charge in [0.15, 0.2) is 23.1 Å². The Bertz CT molecular complexity index is 2710. The lowest BCUT2D eigenvalue weighted by atomic mass is 9.71. The lowest BCUT2D eigenvalue weighted by Gasteiger charge is -2.42. The monoisotopic (exact) mass is 656 g/mol. The second-order valence-electron chi connectivity index (χ2n) is 13.6. The molecule has 9 aromatic rings. The SMILES string of the molecule is CC1(C)c2ccccc2N(c2ccc(-c3nc(-c4ccccc4)nc(-c4ccccc4)n3)cc2)c2c1c1ccccc1c1c2oc2ccccc21. The number of hydrogen-bond donors (Lipinski definition) is 0. The summed E-state index contributed by atoms with van der Waals surface area (Å²) in [7, 11) is 0. The summed E-state index contributed by atoms with van der Waals surface area (Å²) in [6.07, 6.45) is 0. The molecule has 0 saturated carbocycles. The van der Waals surface area contributed by atoms with Crippen LogP contribution < -0.4 is 4.90 Å². The van der Waals surface area contributed by atoms with Gasteiger partial charge in [0.05, 0.1) is 11.4 Å². The van der Waals surface area contributed by atoms with Crippen LogP contribution in [0.5, 0.6) is 0 Å². The van der Waals surface area contributed by atoms with E-state index in [2.05, 4.69) is 110 Å². The topological polar surface area (TPSA) is 55.1 Å². The second-order valence-corrected chi connectivity index (χ2v) is 13.6. The first-order chi connectivity index (χ1) is 25.1. The van der Waals surface area contributed by atoms with E-state index in [9.17, 15) is 0 Å². The fourth-order valence-electron chi connectivity index (χ4n) is 7.90. The average Bonchev–Trinajstić information content (AvgIpc) is 3.59. The molecule has 0 radical (unpaired) electrons. The van der Waals surface area contributed by atoms with E-state index in [1.165, 1.54) is 21.9 Å². The third-order valence-corrected chi connectivity index (χ3v) is 10.3. The Labute approximate surface area is 295 Å². The van der Waals surface area contributed by atoms with Crippen molar-refractivity contribution in [3.63, 3.8) is 0 Å². The maximum absolute atomic E-state index is 6.85. The van der Waals surface area contributed by atoms with Gasteiger partial charge in [-0.2, -0.15) is 0 Å². The van der Waals surface area contributed by atoms with Crippen molar-refractivity contribution in [1.29, 1.82) is 0 Å². The molecule has 5 nitrogen and oxygen atoms in total. The zero-order valence-electron chi connectivity index (χ0n) is 28.2. The van der Waals surface area contributed by atoms with Crippen LogP contribution in [0, 0.1) is 0 Å². The first kappa shape index (κ1) is 29.3. The molecule has 2 aromatic heterocycles. The molecule has 3 heterocycles. The lowest BCUT2D eigenvalue weighted by molar-refractivity contribution is 0.629. The molecule has 51 heavy (non-hydrogen) atoms. The van der Waals surface area contributed by atoms with E-state index in [1.54, 1.807) is 0 Å². The molecule has 0 amide bonds. The highest BCUT2D eigenvalue weighted by Crippen LogP contribution is 2.57. The zero-order chi connectivity index (χ0) is 34.1. The number of para-hydroxylation sites is 2. The molecule has 0 atom stereocenters. The Morgan fingerprint density at radius 3 is 1.65 bits per heavy atom. The van der Waals surface area contributed by atoms with Gasteiger partial charge in [0.25, 0.3) is 0 Å². The van der Waals surface area contributed by atoms with Gasteiger partial charge in [-0.25, -0.2) is 15.0 Å². The highest BCUT2D eigenvalue weighted by Gasteiger charge is 2.41. The quantitative estimate of drug-likeness (QED) is 0.189. The van der Waals surface area contributed by atoms with Gasteiger partial charge >= 0.3 is 0 Å². The summed E-state index contributed by atoms with van der Waals surface area (Å²) in [5, 5.41) is 4.71. The van der Waals surface area contributed by atoms with E-state index in [-0.39, 0.29) is 5.41 Å². The Morgan fingerprint density at radius 1 is 0.490 bits per heavy atom. The Morgan fingerprint density at radius 2 is 1.00 bits per heavy atom. The van der Waals surface area contributed by atoms with Crippen molar-refractivity contribution in [2.75, 3.05) is 4.90 Å². The molecule has 1 aliphatic heterocycles. The van der Waals surface area contributed by atoms with Crippen LogP contribution in [0.25, 0.3) is 66.9 Å². The number of nitrogens with zero attached hydrogens (tertiary/aromatic N) is 4. The van der Waals surface area contributed by atoms with Gasteiger partial charge in [-0.15, -0.1) is 0 Å². The van der Waals surface area contributed by atoms with E-state index < -0.39 is 0 Å². The first-order valence-corrected chi connectivity index (χ1v) is 17.3. The Kier molecular flexibility index (Phi) is 6.46. The van der Waals surface area contributed by atoms with E-state index in [0.717, 1.165) is 55.7 Å². The predicted octanol–water partition coefficient (Wildman–Crippen LogP) is 12.0. The molecule has 0 unspecified atom stereocenters. The molecule has 0 bridgehead atoms. The third-order valence-electron chi connectivity index (χ3n) is 10.3. The molecule has 7 aromatic carbocycles. The summed E-state index contributed by atoms with van der Waals surface area (Å²) in [6.45, 7) is 4.67. The summed E-state index contributed by atoms with van der Waals surface area (Å²) in [5.74, 6) is 1.91. The standard InChI is InChI=1S/C46H32N4O/c1-46(2)36-22-12-13-23-37(36)50(41-40(46)34-20-10-9-19-33(34)39-35-21-11-14-24-38(35)51-42(39)41)32-27-25-31(26-28-32)45-48-43(29-15-5-3-6-16-29)47-44(49-45)30-17-7-4-8-18-30/h3-28H,1-2H3. The summed E-state index contributed by atoms with van der Waals surface area (Å²) < 4.78 is 6.85. The first-order valence-electron chi connectivity index (χ1n) is 17.3. The number of aromatic nitrogens is 3. The van der Waals surface area contributed by atoms with Crippen molar-refractivity contribution in [2.24, 2.45) is 0 Å². The number of rotatable bonds is 4. The van der Waals surface area contributed by atoms with Crippen LogP contribution in [0.4, 0.5) is 17.1 Å². The van der Waals surface area contributed by atoms with Crippen molar-refractivity contribution in [2.45, 2.75) is 19.3 Å². The van der Waals surface area contributed by atoms with Gasteiger partial charge in [-0.1, -0.05) is 135 Å². The second kappa shape index (κ2) is 11.2. The molecule has 0 fully saturated rings. The molecule has 0 aliphatic carbocycles. The summed E-state index contributed by atoms with van der Waals surface area (Å²) in [5.41, 5.74) is 10.1. The van der Waals surface area contributed by atoms with Crippen LogP contribution in [-0.4, -0.2) is 15.0 Å². The molecule has 10 rings (SSSR count). The number of furan rings is 1. The van der Waals surface area contributed by atoms with Crippen LogP contribution in [0.3, 0.4) is 0 Å². The van der Waals surface area contributed by atoms with Crippen molar-refractivity contribution in [1.82, 2.24) is 15.0 Å². The number of anilines is 3. The zero-order valence-corrected chi connectivity index (χ0v) is 28.2. The van der Waals surface area contributed by atoms with Gasteiger partial charge in [-0.3, -0.25) is 0 Å². The van der Waals surface area contributed by atoms with Gasteiger partial charge in [0.2, 0.25) is 0 Å². The van der Waals surface area contributed by atoms with Crippen LogP contribution in [0.15, 0.2) is 162 Å². The number of benzene rings is 7. The average molecular weight is 657 g/mol. The number of hydrogen-bond acceptors (Lipinski definition) is 5. The maximum Gasteiger partial charge on any atom is 0.164 e. The molecule has 0 saturated heterocycles. The van der Waals surface area contributed by atoms with Crippen molar-refractivity contribution < 1.29 is 4.42 Å². The molecular weight excluding hydrogens is 625 g/mol. The fourth-order valence-corrected chi connectivity index (χ4v) is 7.90. The van der Waals surface area contributed by atoms with Gasteiger partial charge in [-0.05, 0) is 58.3 Å². The van der Waals surface area contributed by atoms with Gasteiger partial charge in [0.1, 0.15) is 5.58 Å². The summed E-state index contributed by atoms with van der Waals surface area (Å²) >= 11 is 0. The lowest BCUT2D eigenvalue weighted by Crippen LogP contribution is -2.31. The summed E-state index contributed by atoms with van der Waals surface area (Å²) in [6, 6.07) is 54.7. The summed E-state index contributed by atoms with van der Waals surface area (Å²) in [4.78, 5) is 17.2. The minimum absolute atomic E-state index is 0.290. The van der Waals surface area contributed by atoms with E-state index in [1.807, 2.05) is 66.7 Å². The third kappa shape index (κ3) is 4.51. The van der Waals surface area contributed by atoms with E-state index in [4.69, 9.17) is 19.4 Å². The van der Waals surface area contributed by atoms with E-state index in [0.29, 0.717) is 17.5 Å². The van der Waals surface area contributed by atoms with Crippen molar-refractivity contribution >= 4 is 49.8 Å². The normalized spacial score (nSPS) is 13.4. The maximum atomic E-state index is 6.85. The largest absolute Gasteiger partial charge is 0.454 e. The molecular formula is C46H32N4O. The molecule has 0 spiro atoms. The molecule has 1 aliphatic rings. The van der Waals surface area contributed by atoms with Crippen molar-refractivity contribution in [3.05, 3.63) is 169 Å². The highest BCUT2D eigenvalue weighted by molar-refractivity contribution is 6.25. The molecule has 5 heteroatoms. The Hall–Kier alpha value is -6.59. The fraction of sp³-hybridized carbons (Fsp3) is 0.0652.